The van der Waals surface area contributed by atoms with Crippen LogP contribution in [-0.4, -0.2) is 29.0 Å². The first-order valence-electron chi connectivity index (χ1n) is 6.89. The topological polar surface area (TPSA) is 66.9 Å². The summed E-state index contributed by atoms with van der Waals surface area (Å²) in [7, 11) is 0. The fraction of sp³-hybridized carbons (Fsp3) is 0.188. The van der Waals surface area contributed by atoms with E-state index >= 15 is 0 Å². The average Bonchev–Trinajstić information content (AvgIpc) is 2.55. The number of hydrogen-bond acceptors (Lipinski definition) is 4. The molecule has 2 aromatic rings. The van der Waals surface area contributed by atoms with Crippen LogP contribution in [0.2, 0.25) is 0 Å². The minimum Gasteiger partial charge on any atom is -0.354 e. The monoisotopic (exact) mass is 300 g/mol. The van der Waals surface area contributed by atoms with Crippen molar-refractivity contribution < 1.29 is 9.18 Å². The fourth-order valence-corrected chi connectivity index (χ4v) is 1.81. The summed E-state index contributed by atoms with van der Waals surface area (Å²) < 4.78 is 13.4. The molecule has 0 spiro atoms. The normalized spacial score (nSPS) is 10.0. The lowest BCUT2D eigenvalue weighted by atomic mass is 10.1. The second kappa shape index (κ2) is 7.87. The third-order valence-corrected chi connectivity index (χ3v) is 2.96. The van der Waals surface area contributed by atoms with Crippen molar-refractivity contribution in [1.82, 2.24) is 15.3 Å². The van der Waals surface area contributed by atoms with Crippen LogP contribution in [0, 0.1) is 5.82 Å². The van der Waals surface area contributed by atoms with E-state index in [1.807, 2.05) is 0 Å². The van der Waals surface area contributed by atoms with Crippen LogP contribution in [-0.2, 0) is 6.42 Å². The molecule has 5 nitrogen and oxygen atoms in total. The van der Waals surface area contributed by atoms with Crippen LogP contribution in [0.5, 0.6) is 0 Å². The van der Waals surface area contributed by atoms with Gasteiger partial charge in [-0.3, -0.25) is 4.79 Å². The number of nitrogens with one attached hydrogen (secondary N) is 2. The minimum absolute atomic E-state index is 0.223. The van der Waals surface area contributed by atoms with E-state index in [-0.39, 0.29) is 11.7 Å². The van der Waals surface area contributed by atoms with Gasteiger partial charge in [0.25, 0.3) is 5.91 Å². The quantitative estimate of drug-likeness (QED) is 0.769. The van der Waals surface area contributed by atoms with Crippen molar-refractivity contribution in [3.05, 3.63) is 66.3 Å². The van der Waals surface area contributed by atoms with Gasteiger partial charge in [0.1, 0.15) is 5.82 Å². The lowest BCUT2D eigenvalue weighted by Crippen LogP contribution is -2.23. The zero-order valence-electron chi connectivity index (χ0n) is 12.1. The summed E-state index contributed by atoms with van der Waals surface area (Å²) in [5, 5.41) is 5.63. The molecule has 2 N–H and O–H groups in total. The van der Waals surface area contributed by atoms with E-state index in [4.69, 9.17) is 0 Å². The molecule has 0 saturated carbocycles. The molecule has 0 aliphatic carbocycles. The van der Waals surface area contributed by atoms with E-state index in [0.29, 0.717) is 36.6 Å². The van der Waals surface area contributed by atoms with Crippen LogP contribution in [0.4, 0.5) is 10.3 Å². The van der Waals surface area contributed by atoms with Gasteiger partial charge in [-0.25, -0.2) is 14.4 Å². The summed E-state index contributed by atoms with van der Waals surface area (Å²) in [6, 6.07) is 6.63. The van der Waals surface area contributed by atoms with E-state index in [2.05, 4.69) is 27.2 Å². The Labute approximate surface area is 128 Å². The Morgan fingerprint density at radius 3 is 2.68 bits per heavy atom. The largest absolute Gasteiger partial charge is 0.354 e. The van der Waals surface area contributed by atoms with Crippen LogP contribution in [0.25, 0.3) is 0 Å². The smallest absolute Gasteiger partial charge is 0.254 e. The number of rotatable bonds is 7. The number of nitrogens with zero attached hydrogens (tertiary/aromatic N) is 2. The number of halogens is 1. The van der Waals surface area contributed by atoms with Crippen LogP contribution >= 0.6 is 0 Å². The molecule has 1 aromatic heterocycles. The number of aromatic nitrogens is 2. The summed E-state index contributed by atoms with van der Waals surface area (Å²) >= 11 is 0. The molecule has 22 heavy (non-hydrogen) atoms. The second-order valence-electron chi connectivity index (χ2n) is 4.56. The molecule has 0 fully saturated rings. The lowest BCUT2D eigenvalue weighted by molar-refractivity contribution is 0.0957. The van der Waals surface area contributed by atoms with Gasteiger partial charge in [0.15, 0.2) is 0 Å². The lowest BCUT2D eigenvalue weighted by Gasteiger charge is -2.06. The third-order valence-electron chi connectivity index (χ3n) is 2.96. The molecule has 2 rings (SSSR count). The van der Waals surface area contributed by atoms with Gasteiger partial charge in [-0.1, -0.05) is 24.3 Å². The fourth-order valence-electron chi connectivity index (χ4n) is 1.81. The Hall–Kier alpha value is -2.76. The first-order chi connectivity index (χ1) is 10.7. The highest BCUT2D eigenvalue weighted by molar-refractivity contribution is 5.93. The first-order valence-corrected chi connectivity index (χ1v) is 6.89. The zero-order chi connectivity index (χ0) is 15.8. The minimum atomic E-state index is -0.252. The molecule has 0 unspecified atom stereocenters. The van der Waals surface area contributed by atoms with Crippen molar-refractivity contribution in [2.75, 3.05) is 18.4 Å². The highest BCUT2D eigenvalue weighted by atomic mass is 19.1. The van der Waals surface area contributed by atoms with Gasteiger partial charge in [-0.15, -0.1) is 6.58 Å². The van der Waals surface area contributed by atoms with Crippen LogP contribution in [0.15, 0.2) is 49.3 Å². The number of hydrogen-bond donors (Lipinski definition) is 2. The van der Waals surface area contributed by atoms with Gasteiger partial charge in [-0.2, -0.15) is 0 Å². The van der Waals surface area contributed by atoms with E-state index in [1.54, 1.807) is 24.3 Å². The molecular weight excluding hydrogens is 283 g/mol. The van der Waals surface area contributed by atoms with Gasteiger partial charge < -0.3 is 10.6 Å². The maximum atomic E-state index is 13.4. The summed E-state index contributed by atoms with van der Waals surface area (Å²) in [6.07, 6.45) is 5.00. The maximum absolute atomic E-state index is 13.4. The molecule has 0 aliphatic rings. The van der Waals surface area contributed by atoms with Crippen molar-refractivity contribution in [2.45, 2.75) is 6.42 Å². The van der Waals surface area contributed by atoms with E-state index < -0.39 is 0 Å². The Bertz CT molecular complexity index is 643. The molecule has 1 aromatic carbocycles. The van der Waals surface area contributed by atoms with Crippen molar-refractivity contribution in [3.8, 4) is 0 Å². The number of amides is 1. The molecule has 0 saturated heterocycles. The van der Waals surface area contributed by atoms with Crippen molar-refractivity contribution in [2.24, 2.45) is 0 Å². The molecule has 0 bridgehead atoms. The summed E-state index contributed by atoms with van der Waals surface area (Å²) in [4.78, 5) is 19.8. The highest BCUT2D eigenvalue weighted by Gasteiger charge is 2.06. The van der Waals surface area contributed by atoms with Gasteiger partial charge in [0.2, 0.25) is 5.95 Å². The number of carbonyl (C=O) groups excluding carboxylic acids is 1. The Morgan fingerprint density at radius 2 is 2.00 bits per heavy atom. The van der Waals surface area contributed by atoms with Crippen molar-refractivity contribution >= 4 is 11.9 Å². The number of anilines is 1. The van der Waals surface area contributed by atoms with Crippen LogP contribution in [0.1, 0.15) is 15.9 Å². The summed E-state index contributed by atoms with van der Waals surface area (Å²) in [5.41, 5.74) is 1.01. The SMILES string of the molecule is C=CCNC(=O)c1cnc(NCCc2ccccc2F)nc1. The van der Waals surface area contributed by atoms with E-state index in [0.717, 1.165) is 0 Å². The van der Waals surface area contributed by atoms with Gasteiger partial charge >= 0.3 is 0 Å². The molecule has 1 amide bonds. The van der Waals surface area contributed by atoms with E-state index in [1.165, 1.54) is 18.5 Å². The van der Waals surface area contributed by atoms with Crippen molar-refractivity contribution in [3.63, 3.8) is 0 Å². The molecular formula is C16H17FN4O. The summed E-state index contributed by atoms with van der Waals surface area (Å²) in [6.45, 7) is 4.42. The highest BCUT2D eigenvalue weighted by Crippen LogP contribution is 2.07. The number of benzene rings is 1. The first kappa shape index (κ1) is 15.6. The zero-order valence-corrected chi connectivity index (χ0v) is 12.1. The molecule has 0 atom stereocenters. The number of carbonyl (C=O) groups is 1. The third kappa shape index (κ3) is 4.37. The van der Waals surface area contributed by atoms with Crippen molar-refractivity contribution in [1.29, 1.82) is 0 Å². The predicted molar refractivity (Wildman–Crippen MR) is 83.2 cm³/mol. The second-order valence-corrected chi connectivity index (χ2v) is 4.56. The van der Waals surface area contributed by atoms with Gasteiger partial charge in [0, 0.05) is 25.5 Å². The molecule has 0 aliphatic heterocycles. The van der Waals surface area contributed by atoms with Gasteiger partial charge in [-0.05, 0) is 18.1 Å². The molecule has 1 heterocycles. The van der Waals surface area contributed by atoms with Gasteiger partial charge in [0.05, 0.1) is 5.56 Å². The predicted octanol–water partition coefficient (Wildman–Crippen LogP) is 2.19. The molecule has 6 heteroatoms. The molecule has 114 valence electrons. The Morgan fingerprint density at radius 1 is 1.27 bits per heavy atom. The molecule has 0 radical (unpaired) electrons. The average molecular weight is 300 g/mol. The Kier molecular flexibility index (Phi) is 5.59. The van der Waals surface area contributed by atoms with Crippen LogP contribution in [0.3, 0.4) is 0 Å². The summed E-state index contributed by atoms with van der Waals surface area (Å²) in [5.74, 6) is -0.0751. The standard InChI is InChI=1S/C16H17FN4O/c1-2-8-18-15(22)13-10-20-16(21-11-13)19-9-7-12-5-3-4-6-14(12)17/h2-6,10-11H,1,7-9H2,(H,18,22)(H,19,20,21). The Balaban J connectivity index is 1.85. The van der Waals surface area contributed by atoms with E-state index in [9.17, 15) is 9.18 Å². The van der Waals surface area contributed by atoms with Crippen LogP contribution < -0.4 is 10.6 Å². The maximum Gasteiger partial charge on any atom is 0.254 e.